The number of amides is 1. The van der Waals surface area contributed by atoms with Gasteiger partial charge in [-0.1, -0.05) is 6.07 Å². The zero-order valence-corrected chi connectivity index (χ0v) is 18.6. The number of nitrogens with two attached hydrogens (primary N) is 1. The molecule has 0 fully saturated rings. The second-order valence-electron chi connectivity index (χ2n) is 8.00. The molecule has 176 valence electrons. The maximum atomic E-state index is 12.9. The molecule has 2 rings (SSSR count). The van der Waals surface area contributed by atoms with Gasteiger partial charge in [-0.15, -0.1) is 0 Å². The molecule has 12 heteroatoms. The van der Waals surface area contributed by atoms with E-state index in [1.807, 2.05) is 0 Å². The van der Waals surface area contributed by atoms with E-state index in [2.05, 4.69) is 15.3 Å². The van der Waals surface area contributed by atoms with Crippen LogP contribution in [0.2, 0.25) is 0 Å². The molecule has 0 saturated carbocycles. The number of aromatic nitrogens is 1. The number of nitrogens with one attached hydrogen (secondary N) is 2. The molecule has 0 bridgehead atoms. The molecule has 32 heavy (non-hydrogen) atoms. The zero-order chi connectivity index (χ0) is 24.3. The third-order valence-electron chi connectivity index (χ3n) is 4.66. The van der Waals surface area contributed by atoms with Crippen molar-refractivity contribution in [2.24, 2.45) is 5.73 Å². The molecule has 1 aliphatic rings. The largest absolute Gasteiger partial charge is 0.433 e. The van der Waals surface area contributed by atoms with Gasteiger partial charge in [-0.2, -0.15) is 13.2 Å². The first-order valence-corrected chi connectivity index (χ1v) is 11.7. The summed E-state index contributed by atoms with van der Waals surface area (Å²) in [5.41, 5.74) is 4.27. The minimum atomic E-state index is -4.70. The van der Waals surface area contributed by atoms with Crippen LogP contribution in [0, 0.1) is 0 Å². The Morgan fingerprint density at radius 3 is 2.59 bits per heavy atom. The molecule has 0 radical (unpaired) electrons. The molecule has 1 aliphatic carbocycles. The fourth-order valence-electron chi connectivity index (χ4n) is 3.07. The number of rotatable bonds is 7. The van der Waals surface area contributed by atoms with Crippen LogP contribution in [0.15, 0.2) is 41.1 Å². The lowest BCUT2D eigenvalue weighted by Gasteiger charge is -2.33. The van der Waals surface area contributed by atoms with Crippen LogP contribution in [0.4, 0.5) is 13.2 Å². The molecule has 0 aromatic carbocycles. The fraction of sp³-hybridized carbons (Fsp3) is 0.450. The highest BCUT2D eigenvalue weighted by Gasteiger charge is 2.35. The third-order valence-corrected chi connectivity index (χ3v) is 5.60. The normalized spacial score (nSPS) is 18.1. The van der Waals surface area contributed by atoms with Gasteiger partial charge in [0.05, 0.1) is 11.6 Å². The van der Waals surface area contributed by atoms with Crippen molar-refractivity contribution < 1.29 is 36.5 Å². The summed E-state index contributed by atoms with van der Waals surface area (Å²) in [5, 5.41) is 13.1. The van der Waals surface area contributed by atoms with Crippen molar-refractivity contribution >= 4 is 22.0 Å². The van der Waals surface area contributed by atoms with Crippen molar-refractivity contribution in [3.8, 4) is 0 Å². The number of halogens is 3. The zero-order valence-electron chi connectivity index (χ0n) is 17.8. The first-order valence-electron chi connectivity index (χ1n) is 9.60. The van der Waals surface area contributed by atoms with Gasteiger partial charge in [-0.05, 0) is 37.6 Å². The Morgan fingerprint density at radius 1 is 1.38 bits per heavy atom. The lowest BCUT2D eigenvalue weighted by molar-refractivity contribution is -0.445. The third kappa shape index (κ3) is 7.16. The molecule has 5 N–H and O–H groups in total. The van der Waals surface area contributed by atoms with E-state index in [-0.39, 0.29) is 18.7 Å². The SMILES string of the molecule is CC(C)(O)C1=CC(N)=C(C=[NH+]CCS(C)(=O)=O)CC1NC(=O)c1cccc(C(F)(F)F)n1. The summed E-state index contributed by atoms with van der Waals surface area (Å²) in [5.74, 6) is -0.941. The van der Waals surface area contributed by atoms with E-state index in [9.17, 15) is 31.5 Å². The van der Waals surface area contributed by atoms with Gasteiger partial charge in [0, 0.05) is 23.9 Å². The Bertz CT molecular complexity index is 1070. The topological polar surface area (TPSA) is 136 Å². The monoisotopic (exact) mass is 475 g/mol. The summed E-state index contributed by atoms with van der Waals surface area (Å²) >= 11 is 0. The predicted octanol–water partition coefficient (Wildman–Crippen LogP) is -0.291. The Balaban J connectivity index is 2.27. The van der Waals surface area contributed by atoms with Gasteiger partial charge < -0.3 is 16.2 Å². The number of pyridine rings is 1. The first-order chi connectivity index (χ1) is 14.6. The van der Waals surface area contributed by atoms with Gasteiger partial charge in [0.2, 0.25) is 0 Å². The molecule has 1 amide bonds. The molecule has 1 heterocycles. The highest BCUT2D eigenvalue weighted by molar-refractivity contribution is 7.90. The number of nitrogens with zero attached hydrogens (tertiary/aromatic N) is 1. The lowest BCUT2D eigenvalue weighted by Crippen LogP contribution is -2.71. The van der Waals surface area contributed by atoms with Gasteiger partial charge in [0.1, 0.15) is 17.1 Å². The van der Waals surface area contributed by atoms with Crippen LogP contribution in [0.25, 0.3) is 0 Å². The minimum Gasteiger partial charge on any atom is -0.398 e. The molecule has 8 nitrogen and oxygen atoms in total. The number of carbonyl (C=O) groups excluding carboxylic acids is 1. The average Bonchev–Trinajstić information content (AvgIpc) is 2.65. The van der Waals surface area contributed by atoms with E-state index in [0.717, 1.165) is 24.5 Å². The molecule has 0 aliphatic heterocycles. The number of allylic oxidation sites excluding steroid dienone is 1. The van der Waals surface area contributed by atoms with Crippen LogP contribution >= 0.6 is 0 Å². The molecule has 1 unspecified atom stereocenters. The summed E-state index contributed by atoms with van der Waals surface area (Å²) in [6, 6.07) is 2.22. The smallest absolute Gasteiger partial charge is 0.398 e. The van der Waals surface area contributed by atoms with Crippen molar-refractivity contribution in [2.45, 2.75) is 38.1 Å². The molecule has 1 aromatic rings. The fourth-order valence-corrected chi connectivity index (χ4v) is 3.56. The van der Waals surface area contributed by atoms with Crippen molar-refractivity contribution in [3.05, 3.63) is 52.5 Å². The number of alkyl halides is 3. The maximum absolute atomic E-state index is 12.9. The van der Waals surface area contributed by atoms with Crippen LogP contribution in [-0.2, 0) is 16.0 Å². The molecular formula is C20H26F3N4O4S+. The number of carbonyl (C=O) groups is 1. The van der Waals surface area contributed by atoms with E-state index in [1.165, 1.54) is 26.1 Å². The van der Waals surface area contributed by atoms with Crippen LogP contribution in [-0.4, -0.2) is 60.8 Å². The minimum absolute atomic E-state index is 0.0944. The molecular weight excluding hydrogens is 449 g/mol. The van der Waals surface area contributed by atoms with E-state index < -0.39 is 45.0 Å². The second kappa shape index (κ2) is 9.41. The van der Waals surface area contributed by atoms with Crippen LogP contribution in [0.5, 0.6) is 0 Å². The number of sulfone groups is 1. The van der Waals surface area contributed by atoms with Gasteiger partial charge in [-0.3, -0.25) is 4.79 Å². The molecule has 0 saturated heterocycles. The van der Waals surface area contributed by atoms with Crippen LogP contribution in [0.3, 0.4) is 0 Å². The maximum Gasteiger partial charge on any atom is 0.433 e. The second-order valence-corrected chi connectivity index (χ2v) is 10.3. The van der Waals surface area contributed by atoms with Crippen LogP contribution < -0.4 is 16.0 Å². The first kappa shape index (κ1) is 25.5. The summed E-state index contributed by atoms with van der Waals surface area (Å²) in [6.45, 7) is 3.13. The lowest BCUT2D eigenvalue weighted by atomic mass is 9.83. The average molecular weight is 476 g/mol. The van der Waals surface area contributed by atoms with Crippen molar-refractivity contribution in [1.82, 2.24) is 10.3 Å². The Morgan fingerprint density at radius 2 is 2.03 bits per heavy atom. The summed E-state index contributed by atoms with van der Waals surface area (Å²) in [7, 11) is -3.16. The highest BCUT2D eigenvalue weighted by Crippen LogP contribution is 2.30. The molecule has 1 atom stereocenters. The quantitative estimate of drug-likeness (QED) is 0.400. The van der Waals surface area contributed by atoms with E-state index >= 15 is 0 Å². The summed E-state index contributed by atoms with van der Waals surface area (Å²) in [4.78, 5) is 18.9. The Labute approximate surface area is 184 Å². The van der Waals surface area contributed by atoms with Gasteiger partial charge in [0.15, 0.2) is 22.6 Å². The summed E-state index contributed by atoms with van der Waals surface area (Å²) < 4.78 is 61.2. The van der Waals surface area contributed by atoms with Gasteiger partial charge in [0.25, 0.3) is 5.91 Å². The van der Waals surface area contributed by atoms with Gasteiger partial charge in [-0.25, -0.2) is 18.4 Å². The van der Waals surface area contributed by atoms with E-state index in [0.29, 0.717) is 16.8 Å². The van der Waals surface area contributed by atoms with E-state index in [1.54, 1.807) is 0 Å². The number of hydrogen-bond donors (Lipinski definition) is 4. The van der Waals surface area contributed by atoms with Crippen molar-refractivity contribution in [2.75, 3.05) is 18.6 Å². The predicted molar refractivity (Wildman–Crippen MR) is 112 cm³/mol. The Kier molecular flexibility index (Phi) is 7.51. The standard InChI is InChI=1S/C20H25F3N4O4S/c1-19(2,29)13-10-14(24)12(11-25-7-8-32(3,30)31)9-16(13)27-18(28)15-5-4-6-17(26-15)20(21,22)23/h4-6,10-11,16,29H,7-9,24H2,1-3H3,(H,27,28)/p+1. The van der Waals surface area contributed by atoms with Crippen molar-refractivity contribution in [3.63, 3.8) is 0 Å². The van der Waals surface area contributed by atoms with Crippen LogP contribution in [0.1, 0.15) is 36.5 Å². The number of aliphatic hydroxyl groups is 1. The highest BCUT2D eigenvalue weighted by atomic mass is 32.2. The number of hydrogen-bond acceptors (Lipinski definition) is 6. The molecule has 0 spiro atoms. The van der Waals surface area contributed by atoms with E-state index in [4.69, 9.17) is 5.73 Å². The Hall–Kier alpha value is -2.73. The molecule has 1 aromatic heterocycles. The summed E-state index contributed by atoms with van der Waals surface area (Å²) in [6.07, 6.45) is -0.471. The van der Waals surface area contributed by atoms with Gasteiger partial charge >= 0.3 is 6.18 Å². The van der Waals surface area contributed by atoms with Crippen molar-refractivity contribution in [1.29, 1.82) is 0 Å².